The van der Waals surface area contributed by atoms with E-state index in [1.807, 2.05) is 41.3 Å². The molecular formula is C18H16N4O2. The standard InChI is InChI=1S/C18H16N4O2/c23-15-12-21(11-9-19-15)17-16(13-6-2-1-3-7-13)18(24)22-10-5-4-8-14(22)20-17/h1-8,10H,9,11-12H2,(H,19,23). The molecule has 0 saturated carbocycles. The number of anilines is 1. The lowest BCUT2D eigenvalue weighted by Crippen LogP contribution is -2.48. The van der Waals surface area contributed by atoms with E-state index in [9.17, 15) is 9.59 Å². The second-order valence-corrected chi connectivity index (χ2v) is 5.68. The highest BCUT2D eigenvalue weighted by molar-refractivity contribution is 5.85. The van der Waals surface area contributed by atoms with Gasteiger partial charge in [-0.2, -0.15) is 0 Å². The van der Waals surface area contributed by atoms with Gasteiger partial charge in [-0.3, -0.25) is 14.0 Å². The molecule has 0 atom stereocenters. The maximum atomic E-state index is 13.1. The molecule has 1 amide bonds. The summed E-state index contributed by atoms with van der Waals surface area (Å²) in [6, 6.07) is 14.9. The van der Waals surface area contributed by atoms with Crippen molar-refractivity contribution in [2.24, 2.45) is 0 Å². The molecule has 0 bridgehead atoms. The average Bonchev–Trinajstić information content (AvgIpc) is 2.62. The quantitative estimate of drug-likeness (QED) is 0.773. The molecule has 0 spiro atoms. The highest BCUT2D eigenvalue weighted by atomic mass is 16.2. The summed E-state index contributed by atoms with van der Waals surface area (Å²) in [4.78, 5) is 31.4. The zero-order valence-electron chi connectivity index (χ0n) is 13.0. The number of aromatic nitrogens is 2. The van der Waals surface area contributed by atoms with Gasteiger partial charge < -0.3 is 10.2 Å². The van der Waals surface area contributed by atoms with Gasteiger partial charge in [0.1, 0.15) is 11.5 Å². The van der Waals surface area contributed by atoms with Gasteiger partial charge in [-0.15, -0.1) is 0 Å². The van der Waals surface area contributed by atoms with E-state index in [4.69, 9.17) is 0 Å². The average molecular weight is 320 g/mol. The first-order valence-corrected chi connectivity index (χ1v) is 7.82. The SMILES string of the molecule is O=C1CN(c2nc3ccccn3c(=O)c2-c2ccccc2)CCN1. The molecule has 1 fully saturated rings. The molecule has 2 aromatic heterocycles. The number of fused-ring (bicyclic) bond motifs is 1. The summed E-state index contributed by atoms with van der Waals surface area (Å²) in [6.07, 6.45) is 1.71. The summed E-state index contributed by atoms with van der Waals surface area (Å²) >= 11 is 0. The van der Waals surface area contributed by atoms with Crippen molar-refractivity contribution in [3.05, 3.63) is 65.1 Å². The summed E-state index contributed by atoms with van der Waals surface area (Å²) in [5.74, 6) is 0.502. The van der Waals surface area contributed by atoms with Crippen molar-refractivity contribution in [3.8, 4) is 11.1 Å². The predicted octanol–water partition coefficient (Wildman–Crippen LogP) is 1.30. The Kier molecular flexibility index (Phi) is 3.49. The van der Waals surface area contributed by atoms with Crippen LogP contribution >= 0.6 is 0 Å². The normalized spacial score (nSPS) is 14.7. The number of piperazine rings is 1. The summed E-state index contributed by atoms with van der Waals surface area (Å²) in [7, 11) is 0. The van der Waals surface area contributed by atoms with Crippen molar-refractivity contribution >= 4 is 17.4 Å². The Morgan fingerprint density at radius 3 is 2.58 bits per heavy atom. The number of amides is 1. The fraction of sp³-hybridized carbons (Fsp3) is 0.167. The Labute approximate surface area is 138 Å². The molecule has 1 saturated heterocycles. The maximum Gasteiger partial charge on any atom is 0.267 e. The molecule has 0 unspecified atom stereocenters. The second kappa shape index (κ2) is 5.81. The Bertz CT molecular complexity index is 966. The molecule has 1 aliphatic rings. The fourth-order valence-electron chi connectivity index (χ4n) is 2.98. The van der Waals surface area contributed by atoms with Crippen LogP contribution in [-0.4, -0.2) is 34.9 Å². The topological polar surface area (TPSA) is 66.7 Å². The van der Waals surface area contributed by atoms with Crippen LogP contribution in [0.2, 0.25) is 0 Å². The summed E-state index contributed by atoms with van der Waals surface area (Å²) in [5, 5.41) is 2.80. The number of carbonyl (C=O) groups excluding carboxylic acids is 1. The predicted molar refractivity (Wildman–Crippen MR) is 92.1 cm³/mol. The van der Waals surface area contributed by atoms with Crippen molar-refractivity contribution in [1.82, 2.24) is 14.7 Å². The number of carbonyl (C=O) groups is 1. The molecule has 1 aromatic carbocycles. The third-order valence-corrected chi connectivity index (χ3v) is 4.12. The first-order chi connectivity index (χ1) is 11.7. The highest BCUT2D eigenvalue weighted by Gasteiger charge is 2.23. The van der Waals surface area contributed by atoms with Crippen LogP contribution in [0.4, 0.5) is 5.82 Å². The Balaban J connectivity index is 2.00. The van der Waals surface area contributed by atoms with Gasteiger partial charge in [0.25, 0.3) is 5.56 Å². The van der Waals surface area contributed by atoms with Crippen molar-refractivity contribution < 1.29 is 4.79 Å². The van der Waals surface area contributed by atoms with Gasteiger partial charge in [0.05, 0.1) is 12.1 Å². The Hall–Kier alpha value is -3.15. The van der Waals surface area contributed by atoms with E-state index in [-0.39, 0.29) is 18.0 Å². The number of rotatable bonds is 2. The molecule has 4 rings (SSSR count). The minimum Gasteiger partial charge on any atom is -0.353 e. The smallest absolute Gasteiger partial charge is 0.267 e. The first-order valence-electron chi connectivity index (χ1n) is 7.82. The molecule has 120 valence electrons. The number of pyridine rings is 1. The monoisotopic (exact) mass is 320 g/mol. The molecule has 0 radical (unpaired) electrons. The van der Waals surface area contributed by atoms with E-state index in [1.165, 1.54) is 4.40 Å². The summed E-state index contributed by atoms with van der Waals surface area (Å²) in [5.41, 5.74) is 1.76. The van der Waals surface area contributed by atoms with Gasteiger partial charge in [-0.05, 0) is 17.7 Å². The van der Waals surface area contributed by atoms with E-state index in [1.54, 1.807) is 18.3 Å². The lowest BCUT2D eigenvalue weighted by atomic mass is 10.1. The third kappa shape index (κ3) is 2.42. The van der Waals surface area contributed by atoms with Gasteiger partial charge >= 0.3 is 0 Å². The van der Waals surface area contributed by atoms with Crippen LogP contribution in [0.5, 0.6) is 0 Å². The zero-order chi connectivity index (χ0) is 16.5. The van der Waals surface area contributed by atoms with Crippen molar-refractivity contribution in [3.63, 3.8) is 0 Å². The van der Waals surface area contributed by atoms with Crippen LogP contribution in [0.3, 0.4) is 0 Å². The zero-order valence-corrected chi connectivity index (χ0v) is 13.0. The number of benzene rings is 1. The van der Waals surface area contributed by atoms with Crippen molar-refractivity contribution in [2.75, 3.05) is 24.5 Å². The largest absolute Gasteiger partial charge is 0.353 e. The van der Waals surface area contributed by atoms with Gasteiger partial charge in [0, 0.05) is 19.3 Å². The molecule has 3 aromatic rings. The molecule has 6 heteroatoms. The van der Waals surface area contributed by atoms with Crippen molar-refractivity contribution in [2.45, 2.75) is 0 Å². The van der Waals surface area contributed by atoms with E-state index in [2.05, 4.69) is 10.3 Å². The second-order valence-electron chi connectivity index (χ2n) is 5.68. The molecule has 1 N–H and O–H groups in total. The molecule has 6 nitrogen and oxygen atoms in total. The lowest BCUT2D eigenvalue weighted by molar-refractivity contribution is -0.120. The van der Waals surface area contributed by atoms with Gasteiger partial charge in [0.15, 0.2) is 0 Å². The third-order valence-electron chi connectivity index (χ3n) is 4.12. The maximum absolute atomic E-state index is 13.1. The van der Waals surface area contributed by atoms with Crippen LogP contribution in [-0.2, 0) is 4.79 Å². The van der Waals surface area contributed by atoms with E-state index < -0.39 is 0 Å². The van der Waals surface area contributed by atoms with E-state index in [0.29, 0.717) is 30.1 Å². The van der Waals surface area contributed by atoms with E-state index >= 15 is 0 Å². The van der Waals surface area contributed by atoms with Crippen LogP contribution in [0.1, 0.15) is 0 Å². The summed E-state index contributed by atoms with van der Waals surface area (Å²) in [6.45, 7) is 1.37. The van der Waals surface area contributed by atoms with Crippen LogP contribution < -0.4 is 15.8 Å². The van der Waals surface area contributed by atoms with Gasteiger partial charge in [-0.1, -0.05) is 36.4 Å². The van der Waals surface area contributed by atoms with E-state index in [0.717, 1.165) is 5.56 Å². The lowest BCUT2D eigenvalue weighted by Gasteiger charge is -2.29. The summed E-state index contributed by atoms with van der Waals surface area (Å²) < 4.78 is 1.54. The molecule has 1 aliphatic heterocycles. The molecule has 0 aliphatic carbocycles. The van der Waals surface area contributed by atoms with Gasteiger partial charge in [0.2, 0.25) is 5.91 Å². The first kappa shape index (κ1) is 14.4. The number of hydrogen-bond acceptors (Lipinski definition) is 4. The van der Waals surface area contributed by atoms with Crippen LogP contribution in [0, 0.1) is 0 Å². The molecule has 24 heavy (non-hydrogen) atoms. The minimum atomic E-state index is -0.132. The number of hydrogen-bond donors (Lipinski definition) is 1. The van der Waals surface area contributed by atoms with Crippen LogP contribution in [0.25, 0.3) is 16.8 Å². The molecular weight excluding hydrogens is 304 g/mol. The fourth-order valence-corrected chi connectivity index (χ4v) is 2.98. The van der Waals surface area contributed by atoms with Gasteiger partial charge in [-0.25, -0.2) is 4.98 Å². The Morgan fingerprint density at radius 1 is 1.00 bits per heavy atom. The van der Waals surface area contributed by atoms with Crippen molar-refractivity contribution in [1.29, 1.82) is 0 Å². The minimum absolute atomic E-state index is 0.0599. The Morgan fingerprint density at radius 2 is 1.79 bits per heavy atom. The number of nitrogens with one attached hydrogen (secondary N) is 1. The molecule has 3 heterocycles. The number of nitrogens with zero attached hydrogens (tertiary/aromatic N) is 3. The highest BCUT2D eigenvalue weighted by Crippen LogP contribution is 2.26. The van der Waals surface area contributed by atoms with Crippen LogP contribution in [0.15, 0.2) is 59.5 Å².